The number of carbonyl (C=O) groups is 2. The molecule has 0 spiro atoms. The molecule has 2 amide bonds. The van der Waals surface area contributed by atoms with Crippen molar-refractivity contribution < 1.29 is 28.6 Å². The number of ether oxygens (including phenoxy) is 3. The Balaban J connectivity index is 1.59. The van der Waals surface area contributed by atoms with E-state index in [-0.39, 0.29) is 18.4 Å². The summed E-state index contributed by atoms with van der Waals surface area (Å²) in [6, 6.07) is 21.9. The third-order valence-electron chi connectivity index (χ3n) is 6.43. The van der Waals surface area contributed by atoms with Gasteiger partial charge in [-0.2, -0.15) is 0 Å². The van der Waals surface area contributed by atoms with Crippen LogP contribution in [-0.4, -0.2) is 44.1 Å². The molecule has 2 heterocycles. The van der Waals surface area contributed by atoms with Crippen LogP contribution in [-0.2, 0) is 21.0 Å². The van der Waals surface area contributed by atoms with E-state index in [1.54, 1.807) is 17.2 Å². The van der Waals surface area contributed by atoms with Gasteiger partial charge in [0, 0.05) is 0 Å². The fourth-order valence-electron chi connectivity index (χ4n) is 4.80. The molecular weight excluding hydrogens is 448 g/mol. The van der Waals surface area contributed by atoms with E-state index in [0.717, 1.165) is 11.3 Å². The topological polar surface area (TPSA) is 77.5 Å². The molecule has 0 radical (unpaired) electrons. The van der Waals surface area contributed by atoms with Crippen LogP contribution in [0.3, 0.4) is 0 Å². The fraction of sp³-hybridized carbons (Fsp3) is 0.259. The van der Waals surface area contributed by atoms with Gasteiger partial charge in [-0.1, -0.05) is 48.5 Å². The molecule has 0 aromatic heterocycles. The first kappa shape index (κ1) is 22.7. The highest BCUT2D eigenvalue weighted by Gasteiger charge is 2.60. The van der Waals surface area contributed by atoms with Crippen LogP contribution < -0.4 is 19.3 Å². The lowest BCUT2D eigenvalue weighted by Crippen LogP contribution is -2.37. The number of para-hydroxylation sites is 1. The molecule has 3 aromatic rings. The van der Waals surface area contributed by atoms with E-state index in [2.05, 4.69) is 0 Å². The second-order valence-corrected chi connectivity index (χ2v) is 8.36. The maximum Gasteiger partial charge on any atom is 0.262 e. The van der Waals surface area contributed by atoms with Gasteiger partial charge in [-0.3, -0.25) is 19.3 Å². The van der Waals surface area contributed by atoms with Crippen molar-refractivity contribution in [2.24, 2.45) is 5.92 Å². The molecule has 3 aromatic carbocycles. The van der Waals surface area contributed by atoms with Crippen LogP contribution in [0.2, 0.25) is 0 Å². The number of hydrogen-bond donors (Lipinski definition) is 0. The number of nitrogens with zero attached hydrogens (tertiary/aromatic N) is 2. The molecule has 0 N–H and O–H groups in total. The summed E-state index contributed by atoms with van der Waals surface area (Å²) in [6.45, 7) is 0.197. The predicted molar refractivity (Wildman–Crippen MR) is 128 cm³/mol. The first-order valence-electron chi connectivity index (χ1n) is 11.3. The minimum absolute atomic E-state index is 0.197. The van der Waals surface area contributed by atoms with Crippen LogP contribution in [0.25, 0.3) is 0 Å². The van der Waals surface area contributed by atoms with Crippen LogP contribution in [0.4, 0.5) is 5.69 Å². The third kappa shape index (κ3) is 3.85. The number of hydroxylamine groups is 1. The zero-order chi connectivity index (χ0) is 24.5. The summed E-state index contributed by atoms with van der Waals surface area (Å²) in [7, 11) is 4.61. The summed E-state index contributed by atoms with van der Waals surface area (Å²) in [5.74, 6) is -0.0116. The highest BCUT2D eigenvalue weighted by molar-refractivity contribution is 6.07. The minimum atomic E-state index is -0.935. The zero-order valence-electron chi connectivity index (χ0n) is 19.7. The monoisotopic (exact) mass is 474 g/mol. The van der Waals surface area contributed by atoms with Crippen molar-refractivity contribution in [2.75, 3.05) is 26.4 Å². The van der Waals surface area contributed by atoms with Gasteiger partial charge >= 0.3 is 0 Å². The van der Waals surface area contributed by atoms with Crippen molar-refractivity contribution in [1.82, 2.24) is 4.90 Å². The van der Waals surface area contributed by atoms with E-state index in [1.165, 1.54) is 26.2 Å². The lowest BCUT2D eigenvalue weighted by Gasteiger charge is -2.29. The second-order valence-electron chi connectivity index (χ2n) is 8.36. The van der Waals surface area contributed by atoms with Gasteiger partial charge in [0.1, 0.15) is 5.92 Å². The number of carbonyl (C=O) groups excluding carboxylic acids is 2. The summed E-state index contributed by atoms with van der Waals surface area (Å²) < 4.78 is 16.6. The number of benzene rings is 3. The van der Waals surface area contributed by atoms with Gasteiger partial charge in [0.25, 0.3) is 5.91 Å². The lowest BCUT2D eigenvalue weighted by atomic mass is 9.90. The van der Waals surface area contributed by atoms with E-state index >= 15 is 0 Å². The maximum absolute atomic E-state index is 13.7. The first-order chi connectivity index (χ1) is 17.1. The number of anilines is 1. The first-order valence-corrected chi connectivity index (χ1v) is 11.3. The number of fused-ring (bicyclic) bond motifs is 1. The molecule has 2 aliphatic rings. The number of amides is 2. The number of hydrogen-bond acceptors (Lipinski definition) is 7. The zero-order valence-corrected chi connectivity index (χ0v) is 19.7. The summed E-state index contributed by atoms with van der Waals surface area (Å²) >= 11 is 0. The van der Waals surface area contributed by atoms with Crippen molar-refractivity contribution in [3.63, 3.8) is 0 Å². The molecule has 35 heavy (non-hydrogen) atoms. The average molecular weight is 475 g/mol. The fourth-order valence-corrected chi connectivity index (χ4v) is 4.80. The Bertz CT molecular complexity index is 1210. The molecule has 0 unspecified atom stereocenters. The number of rotatable bonds is 7. The third-order valence-corrected chi connectivity index (χ3v) is 6.43. The molecule has 0 bridgehead atoms. The van der Waals surface area contributed by atoms with Gasteiger partial charge in [0.05, 0.1) is 39.6 Å². The van der Waals surface area contributed by atoms with Crippen LogP contribution in [0.15, 0.2) is 72.8 Å². The predicted octanol–water partition coefficient (Wildman–Crippen LogP) is 3.76. The van der Waals surface area contributed by atoms with E-state index in [4.69, 9.17) is 19.0 Å². The molecule has 0 aliphatic carbocycles. The van der Waals surface area contributed by atoms with Crippen LogP contribution in [0, 0.1) is 5.92 Å². The summed E-state index contributed by atoms with van der Waals surface area (Å²) in [4.78, 5) is 34.6. The Labute approximate surface area is 203 Å². The standard InChI is InChI=1S/C27H26N2O6/c1-32-20-14-18(15-21(33-2)24(20)34-3)23-22-25(35-29(23)19-12-8-5-9-13-19)27(31)28(26(22)30)16-17-10-6-4-7-11-17/h4-15,22-23,25H,16H2,1-3H3/t22-,23-,25+/m1/s1. The number of likely N-dealkylation sites (tertiary alicyclic amines) is 1. The molecule has 180 valence electrons. The molecular formula is C27H26N2O6. The Hall–Kier alpha value is -4.04. The lowest BCUT2D eigenvalue weighted by molar-refractivity contribution is -0.143. The Morgan fingerprint density at radius 1 is 0.800 bits per heavy atom. The summed E-state index contributed by atoms with van der Waals surface area (Å²) in [6.07, 6.45) is -0.935. The van der Waals surface area contributed by atoms with Crippen molar-refractivity contribution in [3.05, 3.63) is 83.9 Å². The summed E-state index contributed by atoms with van der Waals surface area (Å²) in [5.41, 5.74) is 2.31. The SMILES string of the molecule is COc1cc([C@@H]2[C@H]3C(=O)N(Cc4ccccc4)C(=O)[C@H]3ON2c2ccccc2)cc(OC)c1OC. The van der Waals surface area contributed by atoms with Gasteiger partial charge < -0.3 is 14.2 Å². The normalized spacial score (nSPS) is 21.3. The van der Waals surface area contributed by atoms with Gasteiger partial charge in [-0.25, -0.2) is 5.06 Å². The van der Waals surface area contributed by atoms with Crippen LogP contribution >= 0.6 is 0 Å². The van der Waals surface area contributed by atoms with E-state index in [9.17, 15) is 9.59 Å². The smallest absolute Gasteiger partial charge is 0.262 e. The van der Waals surface area contributed by atoms with E-state index in [0.29, 0.717) is 22.8 Å². The van der Waals surface area contributed by atoms with Crippen LogP contribution in [0.5, 0.6) is 17.2 Å². The molecule has 8 heteroatoms. The van der Waals surface area contributed by atoms with Crippen molar-refractivity contribution in [2.45, 2.75) is 18.7 Å². The Morgan fingerprint density at radius 3 is 1.97 bits per heavy atom. The van der Waals surface area contributed by atoms with Gasteiger partial charge in [0.15, 0.2) is 17.6 Å². The molecule has 2 saturated heterocycles. The summed E-state index contributed by atoms with van der Waals surface area (Å²) in [5, 5.41) is 1.64. The second kappa shape index (κ2) is 9.31. The molecule has 5 rings (SSSR count). The highest BCUT2D eigenvalue weighted by Crippen LogP contribution is 2.50. The molecule has 0 saturated carbocycles. The number of imide groups is 1. The van der Waals surface area contributed by atoms with Crippen molar-refractivity contribution in [3.8, 4) is 17.2 Å². The Morgan fingerprint density at radius 2 is 1.40 bits per heavy atom. The van der Waals surface area contributed by atoms with Gasteiger partial charge in [-0.15, -0.1) is 0 Å². The van der Waals surface area contributed by atoms with E-state index in [1.807, 2.05) is 60.7 Å². The van der Waals surface area contributed by atoms with Crippen molar-refractivity contribution >= 4 is 17.5 Å². The maximum atomic E-state index is 13.7. The molecule has 8 nitrogen and oxygen atoms in total. The largest absolute Gasteiger partial charge is 0.493 e. The van der Waals surface area contributed by atoms with Gasteiger partial charge in [0.2, 0.25) is 11.7 Å². The van der Waals surface area contributed by atoms with Gasteiger partial charge in [-0.05, 0) is 35.4 Å². The van der Waals surface area contributed by atoms with Crippen molar-refractivity contribution in [1.29, 1.82) is 0 Å². The average Bonchev–Trinajstić information content (AvgIpc) is 3.41. The molecule has 2 fully saturated rings. The van der Waals surface area contributed by atoms with Crippen LogP contribution in [0.1, 0.15) is 17.2 Å². The van der Waals surface area contributed by atoms with E-state index < -0.39 is 18.1 Å². The number of methoxy groups -OCH3 is 3. The Kier molecular flexibility index (Phi) is 6.05. The molecule has 2 aliphatic heterocycles. The molecule has 3 atom stereocenters. The minimum Gasteiger partial charge on any atom is -0.493 e. The highest BCUT2D eigenvalue weighted by atomic mass is 16.7. The quantitative estimate of drug-likeness (QED) is 0.483.